The van der Waals surface area contributed by atoms with E-state index in [0.29, 0.717) is 12.2 Å². The minimum Gasteiger partial charge on any atom is -0.395 e. The number of nitrogens with zero attached hydrogens (tertiary/aromatic N) is 2. The quantitative estimate of drug-likeness (QED) is 0.507. The van der Waals surface area contributed by atoms with Crippen LogP contribution in [0.1, 0.15) is 11.3 Å². The Morgan fingerprint density at radius 2 is 1.82 bits per heavy atom. The Morgan fingerprint density at radius 3 is 2.64 bits per heavy atom. The Hall–Kier alpha value is -3.44. The molecule has 0 aliphatic heterocycles. The van der Waals surface area contributed by atoms with Crippen LogP contribution >= 0.6 is 0 Å². The van der Waals surface area contributed by atoms with E-state index < -0.39 is 0 Å². The Kier molecular flexibility index (Phi) is 5.17. The van der Waals surface area contributed by atoms with Gasteiger partial charge in [0.15, 0.2) is 0 Å². The molecule has 140 valence electrons. The number of pyridine rings is 1. The van der Waals surface area contributed by atoms with E-state index in [1.807, 2.05) is 54.6 Å². The molecular formula is C23H21N3O2. The number of aliphatic hydroxyl groups excluding tert-OH is 1. The van der Waals surface area contributed by atoms with E-state index in [-0.39, 0.29) is 19.1 Å². The molecular weight excluding hydrogens is 350 g/mol. The summed E-state index contributed by atoms with van der Waals surface area (Å²) in [6.45, 7) is 0.665. The van der Waals surface area contributed by atoms with Gasteiger partial charge in [0.25, 0.3) is 0 Å². The molecule has 1 amide bonds. The maximum atomic E-state index is 12.6. The monoisotopic (exact) mass is 371 g/mol. The van der Waals surface area contributed by atoms with Gasteiger partial charge >= 0.3 is 0 Å². The van der Waals surface area contributed by atoms with Crippen molar-refractivity contribution < 1.29 is 9.90 Å². The lowest BCUT2D eigenvalue weighted by Gasteiger charge is -2.20. The van der Waals surface area contributed by atoms with Crippen LogP contribution in [0.4, 0.5) is 0 Å². The minimum absolute atomic E-state index is 0.0774. The smallest absolute Gasteiger partial charge is 0.247 e. The number of aromatic amines is 1. The normalized spacial score (nSPS) is 11.5. The number of carbonyl (C=O) groups is 1. The number of aromatic nitrogens is 2. The number of nitrogens with one attached hydrogen (secondary N) is 1. The highest BCUT2D eigenvalue weighted by atomic mass is 16.3. The maximum absolute atomic E-state index is 12.6. The van der Waals surface area contributed by atoms with Gasteiger partial charge in [-0.25, -0.2) is 0 Å². The van der Waals surface area contributed by atoms with Gasteiger partial charge in [0.1, 0.15) is 0 Å². The highest BCUT2D eigenvalue weighted by molar-refractivity contribution is 6.07. The number of amides is 1. The third kappa shape index (κ3) is 3.80. The molecule has 2 aromatic carbocycles. The minimum atomic E-state index is -0.154. The van der Waals surface area contributed by atoms with E-state index in [4.69, 9.17) is 0 Å². The molecule has 0 fully saturated rings. The number of carbonyl (C=O) groups excluding carboxylic acids is 1. The fourth-order valence-electron chi connectivity index (χ4n) is 3.31. The van der Waals surface area contributed by atoms with Crippen molar-refractivity contribution in [2.75, 3.05) is 13.2 Å². The lowest BCUT2D eigenvalue weighted by molar-refractivity contribution is -0.127. The van der Waals surface area contributed by atoms with E-state index >= 15 is 0 Å². The summed E-state index contributed by atoms with van der Waals surface area (Å²) in [5, 5.41) is 11.5. The molecule has 5 heteroatoms. The highest BCUT2D eigenvalue weighted by Gasteiger charge is 2.11. The van der Waals surface area contributed by atoms with Crippen LogP contribution in [-0.4, -0.2) is 39.0 Å². The molecule has 0 unspecified atom stereocenters. The van der Waals surface area contributed by atoms with Crippen molar-refractivity contribution >= 4 is 33.8 Å². The number of rotatable bonds is 6. The van der Waals surface area contributed by atoms with Gasteiger partial charge in [0, 0.05) is 35.5 Å². The molecule has 0 spiro atoms. The number of hydrogen-bond donors (Lipinski definition) is 2. The van der Waals surface area contributed by atoms with Crippen LogP contribution in [0.5, 0.6) is 0 Å². The van der Waals surface area contributed by atoms with E-state index in [9.17, 15) is 9.90 Å². The lowest BCUT2D eigenvalue weighted by Crippen LogP contribution is -2.31. The second-order valence-corrected chi connectivity index (χ2v) is 6.63. The summed E-state index contributed by atoms with van der Waals surface area (Å²) in [4.78, 5) is 22.0. The van der Waals surface area contributed by atoms with Crippen molar-refractivity contribution in [1.82, 2.24) is 14.9 Å². The summed E-state index contributed by atoms with van der Waals surface area (Å²) in [7, 11) is 0. The summed E-state index contributed by atoms with van der Waals surface area (Å²) in [5.41, 5.74) is 3.77. The molecule has 0 saturated carbocycles. The molecule has 0 radical (unpaired) electrons. The third-order valence-electron chi connectivity index (χ3n) is 4.71. The molecule has 0 atom stereocenters. The highest BCUT2D eigenvalue weighted by Crippen LogP contribution is 2.25. The van der Waals surface area contributed by atoms with Gasteiger partial charge in [0.05, 0.1) is 24.0 Å². The Balaban J connectivity index is 1.56. The third-order valence-corrected chi connectivity index (χ3v) is 4.71. The van der Waals surface area contributed by atoms with Crippen molar-refractivity contribution in [3.05, 3.63) is 84.2 Å². The summed E-state index contributed by atoms with van der Waals surface area (Å²) in [6, 6.07) is 19.8. The molecule has 0 aliphatic carbocycles. The van der Waals surface area contributed by atoms with Crippen LogP contribution in [0.25, 0.3) is 27.9 Å². The first-order valence-electron chi connectivity index (χ1n) is 9.23. The molecule has 0 bridgehead atoms. The molecule has 0 saturated heterocycles. The van der Waals surface area contributed by atoms with Gasteiger partial charge in [-0.2, -0.15) is 0 Å². The molecule has 28 heavy (non-hydrogen) atoms. The average molecular weight is 371 g/mol. The van der Waals surface area contributed by atoms with Gasteiger partial charge < -0.3 is 15.0 Å². The Labute approximate surface area is 162 Å². The first-order valence-corrected chi connectivity index (χ1v) is 9.23. The van der Waals surface area contributed by atoms with Crippen LogP contribution in [0.15, 0.2) is 72.9 Å². The average Bonchev–Trinajstić information content (AvgIpc) is 3.10. The SMILES string of the molecule is O=C(/C=C/c1cc2c(cn1)[nH]c1ccccc12)N(CCO)Cc1ccccc1. The van der Waals surface area contributed by atoms with Gasteiger partial charge in [-0.3, -0.25) is 9.78 Å². The summed E-state index contributed by atoms with van der Waals surface area (Å²) in [5.74, 6) is -0.154. The predicted octanol–water partition coefficient (Wildman–Crippen LogP) is 3.75. The van der Waals surface area contributed by atoms with Crippen LogP contribution in [-0.2, 0) is 11.3 Å². The molecule has 2 N–H and O–H groups in total. The molecule has 4 aromatic rings. The van der Waals surface area contributed by atoms with Gasteiger partial charge in [-0.05, 0) is 23.8 Å². The number of hydrogen-bond acceptors (Lipinski definition) is 3. The Morgan fingerprint density at radius 1 is 1.04 bits per heavy atom. The zero-order valence-electron chi connectivity index (χ0n) is 15.4. The maximum Gasteiger partial charge on any atom is 0.247 e. The fourth-order valence-corrected chi connectivity index (χ4v) is 3.31. The van der Waals surface area contributed by atoms with Crippen molar-refractivity contribution in [2.24, 2.45) is 0 Å². The molecule has 0 aliphatic rings. The number of aliphatic hydroxyl groups is 1. The van der Waals surface area contributed by atoms with Crippen molar-refractivity contribution in [3.8, 4) is 0 Å². The molecule has 2 heterocycles. The number of fused-ring (bicyclic) bond motifs is 3. The van der Waals surface area contributed by atoms with E-state index in [1.165, 1.54) is 6.08 Å². The zero-order chi connectivity index (χ0) is 19.3. The summed E-state index contributed by atoms with van der Waals surface area (Å²) >= 11 is 0. The lowest BCUT2D eigenvalue weighted by atomic mass is 10.1. The summed E-state index contributed by atoms with van der Waals surface area (Å²) in [6.07, 6.45) is 5.02. The first-order chi connectivity index (χ1) is 13.7. The van der Waals surface area contributed by atoms with Crippen molar-refractivity contribution in [3.63, 3.8) is 0 Å². The van der Waals surface area contributed by atoms with E-state index in [2.05, 4.69) is 16.0 Å². The summed E-state index contributed by atoms with van der Waals surface area (Å²) < 4.78 is 0. The standard InChI is InChI=1S/C23H21N3O2/c27-13-12-26(16-17-6-2-1-3-7-17)23(28)11-10-18-14-20-19-8-4-5-9-21(19)25-22(20)15-24-18/h1-11,14-15,25,27H,12-13,16H2/b11-10+. The van der Waals surface area contributed by atoms with Crippen LogP contribution in [0, 0.1) is 0 Å². The molecule has 5 nitrogen and oxygen atoms in total. The largest absolute Gasteiger partial charge is 0.395 e. The fraction of sp³-hybridized carbons (Fsp3) is 0.130. The van der Waals surface area contributed by atoms with E-state index in [0.717, 1.165) is 27.4 Å². The van der Waals surface area contributed by atoms with E-state index in [1.54, 1.807) is 17.2 Å². The van der Waals surface area contributed by atoms with Crippen molar-refractivity contribution in [2.45, 2.75) is 6.54 Å². The van der Waals surface area contributed by atoms with Gasteiger partial charge in [0.2, 0.25) is 5.91 Å². The predicted molar refractivity (Wildman–Crippen MR) is 112 cm³/mol. The zero-order valence-corrected chi connectivity index (χ0v) is 15.4. The van der Waals surface area contributed by atoms with Crippen LogP contribution < -0.4 is 0 Å². The Bertz CT molecular complexity index is 1130. The molecule has 4 rings (SSSR count). The van der Waals surface area contributed by atoms with Crippen LogP contribution in [0.3, 0.4) is 0 Å². The second kappa shape index (κ2) is 8.06. The second-order valence-electron chi connectivity index (χ2n) is 6.63. The number of para-hydroxylation sites is 1. The number of H-pyrrole nitrogens is 1. The first kappa shape index (κ1) is 17.9. The van der Waals surface area contributed by atoms with Gasteiger partial charge in [-0.15, -0.1) is 0 Å². The number of benzene rings is 2. The van der Waals surface area contributed by atoms with Crippen LogP contribution in [0.2, 0.25) is 0 Å². The molecule has 2 aromatic heterocycles. The van der Waals surface area contributed by atoms with Crippen molar-refractivity contribution in [1.29, 1.82) is 0 Å². The van der Waals surface area contributed by atoms with Gasteiger partial charge in [-0.1, -0.05) is 48.5 Å². The topological polar surface area (TPSA) is 69.2 Å².